The van der Waals surface area contributed by atoms with Gasteiger partial charge in [-0.15, -0.1) is 0 Å². The highest BCUT2D eigenvalue weighted by Crippen LogP contribution is 2.31. The minimum Gasteiger partial charge on any atom is -0.354 e. The Morgan fingerprint density at radius 2 is 1.85 bits per heavy atom. The predicted molar refractivity (Wildman–Crippen MR) is 156 cm³/mol. The lowest BCUT2D eigenvalue weighted by Crippen LogP contribution is -2.49. The molecule has 0 radical (unpaired) electrons. The molecular weight excluding hydrogens is 526 g/mol. The van der Waals surface area contributed by atoms with Gasteiger partial charge in [0.25, 0.3) is 5.91 Å². The number of hydrogen-bond donors (Lipinski definition) is 2. The molecule has 2 N–H and O–H groups in total. The third-order valence-corrected chi connectivity index (χ3v) is 7.71. The molecule has 2 aromatic carbocycles. The van der Waals surface area contributed by atoms with E-state index in [1.807, 2.05) is 6.07 Å². The van der Waals surface area contributed by atoms with Crippen molar-refractivity contribution >= 4 is 40.0 Å². The Morgan fingerprint density at radius 1 is 1.02 bits per heavy atom. The third-order valence-electron chi connectivity index (χ3n) is 7.71. The Labute approximate surface area is 237 Å². The second-order valence-electron chi connectivity index (χ2n) is 10.5. The SMILES string of the molecule is CN1CCN(c2ccnc(Nc3ccc(C(=O)N(c4nccc5cc(F)ccc45)[C@@H]4CCCNC4)c(F)c3)n2)CC1. The number of amides is 1. The first kappa shape index (κ1) is 27.0. The number of pyridine rings is 1. The van der Waals surface area contributed by atoms with Crippen LogP contribution in [0.15, 0.2) is 60.9 Å². The first-order valence-electron chi connectivity index (χ1n) is 13.9. The Bertz CT molecular complexity index is 1550. The molecule has 2 aliphatic heterocycles. The molecule has 0 saturated carbocycles. The molecule has 0 spiro atoms. The van der Waals surface area contributed by atoms with Gasteiger partial charge in [0.1, 0.15) is 23.3 Å². The molecule has 11 heteroatoms. The van der Waals surface area contributed by atoms with Crippen molar-refractivity contribution in [1.82, 2.24) is 25.2 Å². The Balaban J connectivity index is 1.27. The van der Waals surface area contributed by atoms with Crippen LogP contribution in [0.25, 0.3) is 10.8 Å². The van der Waals surface area contributed by atoms with Crippen molar-refractivity contribution in [3.63, 3.8) is 0 Å². The van der Waals surface area contributed by atoms with Crippen LogP contribution in [0.3, 0.4) is 0 Å². The molecule has 2 aliphatic rings. The maximum absolute atomic E-state index is 15.6. The lowest BCUT2D eigenvalue weighted by Gasteiger charge is -2.34. The topological polar surface area (TPSA) is 89.5 Å². The molecule has 2 fully saturated rings. The zero-order valence-corrected chi connectivity index (χ0v) is 22.9. The summed E-state index contributed by atoms with van der Waals surface area (Å²) in [6, 6.07) is 12.1. The fourth-order valence-electron chi connectivity index (χ4n) is 5.46. The molecule has 2 saturated heterocycles. The molecule has 0 aliphatic carbocycles. The highest BCUT2D eigenvalue weighted by Gasteiger charge is 2.31. The van der Waals surface area contributed by atoms with E-state index in [9.17, 15) is 9.18 Å². The van der Waals surface area contributed by atoms with Crippen molar-refractivity contribution < 1.29 is 13.6 Å². The van der Waals surface area contributed by atoms with E-state index in [-0.39, 0.29) is 17.4 Å². The summed E-state index contributed by atoms with van der Waals surface area (Å²) in [5, 5.41) is 7.64. The number of piperazine rings is 1. The minimum atomic E-state index is -0.671. The predicted octanol–water partition coefficient (Wildman–Crippen LogP) is 4.20. The van der Waals surface area contributed by atoms with E-state index in [4.69, 9.17) is 0 Å². The number of benzene rings is 2. The average Bonchev–Trinajstić information content (AvgIpc) is 2.98. The summed E-state index contributed by atoms with van der Waals surface area (Å²) in [5.41, 5.74) is 0.355. The van der Waals surface area contributed by atoms with Crippen LogP contribution in [0.1, 0.15) is 23.2 Å². The van der Waals surface area contributed by atoms with Gasteiger partial charge in [0.15, 0.2) is 0 Å². The molecule has 4 heterocycles. The van der Waals surface area contributed by atoms with Crippen molar-refractivity contribution in [3.05, 3.63) is 78.1 Å². The van der Waals surface area contributed by atoms with Crippen molar-refractivity contribution in [3.8, 4) is 0 Å². The van der Waals surface area contributed by atoms with Gasteiger partial charge >= 0.3 is 0 Å². The zero-order valence-electron chi connectivity index (χ0n) is 22.9. The number of fused-ring (bicyclic) bond motifs is 1. The number of nitrogens with zero attached hydrogens (tertiary/aromatic N) is 6. The largest absolute Gasteiger partial charge is 0.354 e. The average molecular weight is 559 g/mol. The lowest BCUT2D eigenvalue weighted by molar-refractivity contribution is 0.0968. The molecule has 41 heavy (non-hydrogen) atoms. The zero-order chi connectivity index (χ0) is 28.3. The molecule has 9 nitrogen and oxygen atoms in total. The van der Waals surface area contributed by atoms with Gasteiger partial charge in [0.2, 0.25) is 5.95 Å². The van der Waals surface area contributed by atoms with Gasteiger partial charge in [0, 0.05) is 56.2 Å². The van der Waals surface area contributed by atoms with Crippen LogP contribution in [-0.4, -0.2) is 78.1 Å². The summed E-state index contributed by atoms with van der Waals surface area (Å²) in [5.74, 6) is -0.00398. The van der Waals surface area contributed by atoms with E-state index in [0.29, 0.717) is 34.8 Å². The summed E-state index contributed by atoms with van der Waals surface area (Å²) in [7, 11) is 2.10. The van der Waals surface area contributed by atoms with Crippen molar-refractivity contribution in [2.45, 2.75) is 18.9 Å². The summed E-state index contributed by atoms with van der Waals surface area (Å²) >= 11 is 0. The van der Waals surface area contributed by atoms with Gasteiger partial charge in [-0.25, -0.2) is 18.7 Å². The molecule has 2 aromatic heterocycles. The van der Waals surface area contributed by atoms with Gasteiger partial charge in [0.05, 0.1) is 11.6 Å². The maximum Gasteiger partial charge on any atom is 0.262 e. The monoisotopic (exact) mass is 558 g/mol. The summed E-state index contributed by atoms with van der Waals surface area (Å²) in [4.78, 5) is 33.4. The van der Waals surface area contributed by atoms with Gasteiger partial charge in [-0.2, -0.15) is 4.98 Å². The Hall–Kier alpha value is -4.22. The van der Waals surface area contributed by atoms with E-state index in [0.717, 1.165) is 51.4 Å². The number of hydrogen-bond acceptors (Lipinski definition) is 8. The Kier molecular flexibility index (Phi) is 7.71. The standard InChI is InChI=1S/C30H32F2N8O/c1-38-13-15-39(16-14-38)27-9-12-35-30(37-27)36-22-5-7-25(26(32)18-22)29(41)40(23-3-2-10-33-19-23)28-24-6-4-21(31)17-20(24)8-11-34-28/h4-9,11-12,17-18,23,33H,2-3,10,13-16,19H2,1H3,(H,35,36,37)/t23-/m1/s1. The van der Waals surface area contributed by atoms with Crippen molar-refractivity contribution in [2.24, 2.45) is 0 Å². The lowest BCUT2D eigenvalue weighted by atomic mass is 10.0. The number of halogens is 2. The summed E-state index contributed by atoms with van der Waals surface area (Å²) < 4.78 is 29.5. The van der Waals surface area contributed by atoms with Gasteiger partial charge in [-0.3, -0.25) is 9.69 Å². The molecular formula is C30H32F2N8O. The van der Waals surface area contributed by atoms with Crippen LogP contribution >= 0.6 is 0 Å². The number of likely N-dealkylation sites (N-methyl/N-ethyl adjacent to an activating group) is 1. The summed E-state index contributed by atoms with van der Waals surface area (Å²) in [6.07, 6.45) is 4.83. The molecule has 1 amide bonds. The molecule has 212 valence electrons. The molecule has 1 atom stereocenters. The number of rotatable bonds is 6. The number of carbonyl (C=O) groups is 1. The molecule has 0 bridgehead atoms. The number of anilines is 4. The smallest absolute Gasteiger partial charge is 0.262 e. The molecule has 4 aromatic rings. The number of nitrogens with one attached hydrogen (secondary N) is 2. The quantitative estimate of drug-likeness (QED) is 0.364. The van der Waals surface area contributed by atoms with Crippen molar-refractivity contribution in [2.75, 3.05) is 61.4 Å². The number of carbonyl (C=O) groups excluding carboxylic acids is 1. The van der Waals surface area contributed by atoms with E-state index in [1.54, 1.807) is 35.5 Å². The summed E-state index contributed by atoms with van der Waals surface area (Å²) in [6.45, 7) is 5.03. The van der Waals surface area contributed by atoms with E-state index >= 15 is 4.39 Å². The Morgan fingerprint density at radius 3 is 2.63 bits per heavy atom. The van der Waals surface area contributed by atoms with Crippen LogP contribution < -0.4 is 20.4 Å². The van der Waals surface area contributed by atoms with Gasteiger partial charge in [-0.05, 0) is 80.4 Å². The normalized spacial score (nSPS) is 17.9. The highest BCUT2D eigenvalue weighted by atomic mass is 19.1. The first-order valence-corrected chi connectivity index (χ1v) is 13.9. The van der Waals surface area contributed by atoms with E-state index < -0.39 is 11.7 Å². The van der Waals surface area contributed by atoms with Crippen LogP contribution in [0.5, 0.6) is 0 Å². The first-order chi connectivity index (χ1) is 20.0. The maximum atomic E-state index is 15.6. The van der Waals surface area contributed by atoms with Crippen LogP contribution in [0.2, 0.25) is 0 Å². The van der Waals surface area contributed by atoms with Crippen LogP contribution in [0.4, 0.5) is 32.1 Å². The van der Waals surface area contributed by atoms with Gasteiger partial charge in [-0.1, -0.05) is 0 Å². The fourth-order valence-corrected chi connectivity index (χ4v) is 5.46. The highest BCUT2D eigenvalue weighted by molar-refractivity contribution is 6.10. The van der Waals surface area contributed by atoms with E-state index in [1.165, 1.54) is 24.3 Å². The fraction of sp³-hybridized carbons (Fsp3) is 0.333. The van der Waals surface area contributed by atoms with Crippen LogP contribution in [0, 0.1) is 11.6 Å². The minimum absolute atomic E-state index is 0.0749. The number of piperidine rings is 1. The van der Waals surface area contributed by atoms with Crippen molar-refractivity contribution in [1.29, 1.82) is 0 Å². The second kappa shape index (κ2) is 11.7. The van der Waals surface area contributed by atoms with E-state index in [2.05, 4.69) is 42.4 Å². The van der Waals surface area contributed by atoms with Crippen LogP contribution in [-0.2, 0) is 0 Å². The molecule has 0 unspecified atom stereocenters. The third kappa shape index (κ3) is 5.82. The van der Waals surface area contributed by atoms with Gasteiger partial charge < -0.3 is 20.4 Å². The molecule has 6 rings (SSSR count). The second-order valence-corrected chi connectivity index (χ2v) is 10.5. The number of aromatic nitrogens is 3.